The average Bonchev–Trinajstić information content (AvgIpc) is 2.71. The SMILES string of the molecule is Cc1nn(C)c(C)c1S(=O)(=O)N[C@H](CO)c1ccccc1. The number of nitrogens with zero attached hydrogens (tertiary/aromatic N) is 2. The number of sulfonamides is 1. The highest BCUT2D eigenvalue weighted by molar-refractivity contribution is 7.89. The van der Waals surface area contributed by atoms with Crippen LogP contribution < -0.4 is 4.72 Å². The molecule has 1 aromatic carbocycles. The summed E-state index contributed by atoms with van der Waals surface area (Å²) in [5, 5.41) is 13.6. The molecule has 0 aliphatic heterocycles. The van der Waals surface area contributed by atoms with Crippen molar-refractivity contribution in [3.8, 4) is 0 Å². The van der Waals surface area contributed by atoms with Crippen LogP contribution in [0.4, 0.5) is 0 Å². The van der Waals surface area contributed by atoms with Crippen LogP contribution in [0.1, 0.15) is 23.0 Å². The van der Waals surface area contributed by atoms with Gasteiger partial charge in [0.15, 0.2) is 0 Å². The normalized spacial score (nSPS) is 13.3. The Hall–Kier alpha value is -1.70. The number of aromatic nitrogens is 2. The molecule has 1 aromatic heterocycles. The average molecular weight is 309 g/mol. The van der Waals surface area contributed by atoms with Gasteiger partial charge >= 0.3 is 0 Å². The molecule has 0 bridgehead atoms. The van der Waals surface area contributed by atoms with Gasteiger partial charge in [-0.25, -0.2) is 13.1 Å². The van der Waals surface area contributed by atoms with Gasteiger partial charge in [0.2, 0.25) is 10.0 Å². The summed E-state index contributed by atoms with van der Waals surface area (Å²) >= 11 is 0. The number of hydrogen-bond donors (Lipinski definition) is 2. The third kappa shape index (κ3) is 3.15. The minimum absolute atomic E-state index is 0.166. The van der Waals surface area contributed by atoms with Crippen LogP contribution in [0.5, 0.6) is 0 Å². The van der Waals surface area contributed by atoms with Crippen LogP contribution in [0.3, 0.4) is 0 Å². The van der Waals surface area contributed by atoms with Gasteiger partial charge in [0.1, 0.15) is 4.90 Å². The maximum atomic E-state index is 12.6. The van der Waals surface area contributed by atoms with Gasteiger partial charge in [-0.15, -0.1) is 0 Å². The number of hydrogen-bond acceptors (Lipinski definition) is 4. The summed E-state index contributed by atoms with van der Waals surface area (Å²) in [7, 11) is -2.06. The summed E-state index contributed by atoms with van der Waals surface area (Å²) < 4.78 is 29.2. The van der Waals surface area contributed by atoms with E-state index < -0.39 is 16.1 Å². The predicted octanol–water partition coefficient (Wildman–Crippen LogP) is 1.05. The Morgan fingerprint density at radius 2 is 1.90 bits per heavy atom. The monoisotopic (exact) mass is 309 g/mol. The minimum atomic E-state index is -3.75. The van der Waals surface area contributed by atoms with Gasteiger partial charge < -0.3 is 5.11 Å². The van der Waals surface area contributed by atoms with Gasteiger partial charge in [-0.05, 0) is 19.4 Å². The van der Waals surface area contributed by atoms with Crippen LogP contribution in [0.15, 0.2) is 35.2 Å². The quantitative estimate of drug-likeness (QED) is 0.864. The van der Waals surface area contributed by atoms with Crippen molar-refractivity contribution < 1.29 is 13.5 Å². The first kappa shape index (κ1) is 15.7. The van der Waals surface area contributed by atoms with E-state index in [1.165, 1.54) is 4.68 Å². The van der Waals surface area contributed by atoms with E-state index >= 15 is 0 Å². The lowest BCUT2D eigenvalue weighted by Gasteiger charge is -2.17. The van der Waals surface area contributed by atoms with Crippen molar-refractivity contribution in [3.63, 3.8) is 0 Å². The summed E-state index contributed by atoms with van der Waals surface area (Å²) in [6, 6.07) is 8.29. The number of benzene rings is 1. The lowest BCUT2D eigenvalue weighted by Crippen LogP contribution is -2.31. The zero-order chi connectivity index (χ0) is 15.6. The molecule has 2 N–H and O–H groups in total. The fraction of sp³-hybridized carbons (Fsp3) is 0.357. The second-order valence-corrected chi connectivity index (χ2v) is 6.54. The minimum Gasteiger partial charge on any atom is -0.394 e. The molecule has 0 unspecified atom stereocenters. The fourth-order valence-electron chi connectivity index (χ4n) is 2.29. The van der Waals surface area contributed by atoms with Gasteiger partial charge in [0.05, 0.1) is 24.0 Å². The highest BCUT2D eigenvalue weighted by atomic mass is 32.2. The number of aliphatic hydroxyl groups excluding tert-OH is 1. The van der Waals surface area contributed by atoms with E-state index in [9.17, 15) is 13.5 Å². The van der Waals surface area contributed by atoms with Crippen LogP contribution in [0, 0.1) is 13.8 Å². The van der Waals surface area contributed by atoms with Gasteiger partial charge in [0, 0.05) is 7.05 Å². The van der Waals surface area contributed by atoms with Gasteiger partial charge in [-0.1, -0.05) is 30.3 Å². The molecule has 2 aromatic rings. The second-order valence-electron chi connectivity index (χ2n) is 4.89. The molecule has 0 aliphatic rings. The molecule has 1 atom stereocenters. The van der Waals surface area contributed by atoms with Gasteiger partial charge in [0.25, 0.3) is 0 Å². The molecule has 0 radical (unpaired) electrons. The molecule has 0 fully saturated rings. The summed E-state index contributed by atoms with van der Waals surface area (Å²) in [5.41, 5.74) is 1.71. The van der Waals surface area contributed by atoms with Crippen molar-refractivity contribution in [2.45, 2.75) is 24.8 Å². The number of nitrogens with one attached hydrogen (secondary N) is 1. The van der Waals surface area contributed by atoms with Crippen molar-refractivity contribution in [3.05, 3.63) is 47.3 Å². The van der Waals surface area contributed by atoms with Gasteiger partial charge in [-0.3, -0.25) is 4.68 Å². The lowest BCUT2D eigenvalue weighted by atomic mass is 10.1. The van der Waals surface area contributed by atoms with E-state index in [2.05, 4.69) is 9.82 Å². The molecule has 0 saturated heterocycles. The largest absolute Gasteiger partial charge is 0.394 e. The first-order valence-corrected chi connectivity index (χ1v) is 8.03. The van der Waals surface area contributed by atoms with E-state index in [1.807, 2.05) is 6.07 Å². The first-order valence-electron chi connectivity index (χ1n) is 6.55. The molecular weight excluding hydrogens is 290 g/mol. The summed E-state index contributed by atoms with van der Waals surface area (Å²) in [5.74, 6) is 0. The molecule has 0 spiro atoms. The van der Waals surface area contributed by atoms with Crippen molar-refractivity contribution in [2.75, 3.05) is 6.61 Å². The third-order valence-electron chi connectivity index (χ3n) is 3.39. The molecular formula is C14H19N3O3S. The summed E-state index contributed by atoms with van der Waals surface area (Å²) in [4.78, 5) is 0.166. The smallest absolute Gasteiger partial charge is 0.244 e. The van der Waals surface area contributed by atoms with Crippen LogP contribution in [-0.2, 0) is 17.1 Å². The zero-order valence-electron chi connectivity index (χ0n) is 12.2. The first-order chi connectivity index (χ1) is 9.86. The van der Waals surface area contributed by atoms with Crippen LogP contribution >= 0.6 is 0 Å². The van der Waals surface area contributed by atoms with Gasteiger partial charge in [-0.2, -0.15) is 5.10 Å². The van der Waals surface area contributed by atoms with Crippen molar-refractivity contribution in [1.29, 1.82) is 0 Å². The maximum Gasteiger partial charge on any atom is 0.244 e. The van der Waals surface area contributed by atoms with Crippen LogP contribution in [0.2, 0.25) is 0 Å². The topological polar surface area (TPSA) is 84.2 Å². The summed E-state index contributed by atoms with van der Waals surface area (Å²) in [6.45, 7) is 3.03. The van der Waals surface area contributed by atoms with Crippen LogP contribution in [-0.4, -0.2) is 29.9 Å². The second kappa shape index (κ2) is 5.97. The van der Waals surface area contributed by atoms with E-state index in [-0.39, 0.29) is 11.5 Å². The highest BCUT2D eigenvalue weighted by Crippen LogP contribution is 2.21. The van der Waals surface area contributed by atoms with Crippen LogP contribution in [0.25, 0.3) is 0 Å². The number of aryl methyl sites for hydroxylation is 2. The lowest BCUT2D eigenvalue weighted by molar-refractivity contribution is 0.259. The van der Waals surface area contributed by atoms with E-state index in [4.69, 9.17) is 0 Å². The predicted molar refractivity (Wildman–Crippen MR) is 79.3 cm³/mol. The fourth-order valence-corrected chi connectivity index (χ4v) is 3.94. The Bertz CT molecular complexity index is 723. The van der Waals surface area contributed by atoms with Crippen molar-refractivity contribution >= 4 is 10.0 Å². The highest BCUT2D eigenvalue weighted by Gasteiger charge is 2.27. The van der Waals surface area contributed by atoms with Crippen molar-refractivity contribution in [2.24, 2.45) is 7.05 Å². The molecule has 6 nitrogen and oxygen atoms in total. The summed E-state index contributed by atoms with van der Waals surface area (Å²) in [6.07, 6.45) is 0. The Morgan fingerprint density at radius 1 is 1.29 bits per heavy atom. The number of rotatable bonds is 5. The van der Waals surface area contributed by atoms with Crippen molar-refractivity contribution in [1.82, 2.24) is 14.5 Å². The standard InChI is InChI=1S/C14H19N3O3S/c1-10-14(11(2)17(3)15-10)21(19,20)16-13(9-18)12-7-5-4-6-8-12/h4-8,13,16,18H,9H2,1-3H3/t13-/m1/s1. The number of aliphatic hydroxyl groups is 1. The van der Waals surface area contributed by atoms with E-state index in [0.29, 0.717) is 17.0 Å². The Labute approximate surface area is 124 Å². The molecule has 0 saturated carbocycles. The molecule has 0 aliphatic carbocycles. The molecule has 7 heteroatoms. The third-order valence-corrected chi connectivity index (χ3v) is 5.12. The Kier molecular flexibility index (Phi) is 4.46. The zero-order valence-corrected chi connectivity index (χ0v) is 13.1. The maximum absolute atomic E-state index is 12.6. The molecule has 1 heterocycles. The Morgan fingerprint density at radius 3 is 2.38 bits per heavy atom. The Balaban J connectivity index is 2.36. The van der Waals surface area contributed by atoms with E-state index in [1.54, 1.807) is 45.2 Å². The molecule has 0 amide bonds. The molecule has 21 heavy (non-hydrogen) atoms. The molecule has 114 valence electrons. The molecule has 2 rings (SSSR count). The van der Waals surface area contributed by atoms with E-state index in [0.717, 1.165) is 0 Å².